The van der Waals surface area contributed by atoms with Crippen LogP contribution in [-0.2, 0) is 16.0 Å². The van der Waals surface area contributed by atoms with E-state index in [1.807, 2.05) is 24.3 Å². The van der Waals surface area contributed by atoms with Gasteiger partial charge < -0.3 is 14.8 Å². The SMILES string of the molecule is CCc1ccc(OCCNC(=O)COC)cc1. The number of rotatable bonds is 7. The molecule has 0 atom stereocenters. The van der Waals surface area contributed by atoms with Crippen LogP contribution in [0.1, 0.15) is 12.5 Å². The summed E-state index contributed by atoms with van der Waals surface area (Å²) in [5, 5.41) is 2.69. The highest BCUT2D eigenvalue weighted by Gasteiger charge is 1.99. The molecule has 0 radical (unpaired) electrons. The van der Waals surface area contributed by atoms with Crippen LogP contribution in [0.2, 0.25) is 0 Å². The molecule has 0 aromatic heterocycles. The van der Waals surface area contributed by atoms with E-state index in [1.165, 1.54) is 12.7 Å². The zero-order valence-corrected chi connectivity index (χ0v) is 10.4. The number of carbonyl (C=O) groups is 1. The maximum absolute atomic E-state index is 11.0. The summed E-state index contributed by atoms with van der Waals surface area (Å²) in [7, 11) is 1.49. The molecule has 0 aliphatic rings. The normalized spacial score (nSPS) is 10.0. The molecule has 4 heteroatoms. The minimum Gasteiger partial charge on any atom is -0.492 e. The zero-order chi connectivity index (χ0) is 12.5. The highest BCUT2D eigenvalue weighted by atomic mass is 16.5. The second-order valence-corrected chi connectivity index (χ2v) is 3.63. The molecule has 1 rings (SSSR count). The van der Waals surface area contributed by atoms with Gasteiger partial charge in [-0.25, -0.2) is 0 Å². The van der Waals surface area contributed by atoms with Gasteiger partial charge in [0.2, 0.25) is 5.91 Å². The van der Waals surface area contributed by atoms with E-state index < -0.39 is 0 Å². The van der Waals surface area contributed by atoms with Gasteiger partial charge in [0.25, 0.3) is 0 Å². The molecular weight excluding hydrogens is 218 g/mol. The first-order valence-corrected chi connectivity index (χ1v) is 5.73. The molecule has 0 saturated carbocycles. The molecule has 94 valence electrons. The third-order valence-electron chi connectivity index (χ3n) is 2.30. The number of hydrogen-bond donors (Lipinski definition) is 1. The van der Waals surface area contributed by atoms with E-state index in [1.54, 1.807) is 0 Å². The Balaban J connectivity index is 2.19. The van der Waals surface area contributed by atoms with Crippen molar-refractivity contribution in [1.29, 1.82) is 0 Å². The molecular formula is C13H19NO3. The number of carbonyl (C=O) groups excluding carboxylic acids is 1. The van der Waals surface area contributed by atoms with Crippen molar-refractivity contribution in [2.45, 2.75) is 13.3 Å². The number of nitrogens with one attached hydrogen (secondary N) is 1. The molecule has 17 heavy (non-hydrogen) atoms. The van der Waals surface area contributed by atoms with Crippen molar-refractivity contribution in [2.75, 3.05) is 26.9 Å². The molecule has 0 bridgehead atoms. The lowest BCUT2D eigenvalue weighted by Gasteiger charge is -2.07. The molecule has 0 heterocycles. The van der Waals surface area contributed by atoms with Crippen LogP contribution in [-0.4, -0.2) is 32.8 Å². The van der Waals surface area contributed by atoms with Gasteiger partial charge in [0.15, 0.2) is 0 Å². The number of ether oxygens (including phenoxy) is 2. The van der Waals surface area contributed by atoms with Crippen LogP contribution in [0.3, 0.4) is 0 Å². The average molecular weight is 237 g/mol. The van der Waals surface area contributed by atoms with Crippen LogP contribution >= 0.6 is 0 Å². The van der Waals surface area contributed by atoms with Gasteiger partial charge in [0, 0.05) is 7.11 Å². The van der Waals surface area contributed by atoms with Gasteiger partial charge in [-0.3, -0.25) is 4.79 Å². The van der Waals surface area contributed by atoms with Gasteiger partial charge in [-0.2, -0.15) is 0 Å². The number of aryl methyl sites for hydroxylation is 1. The van der Waals surface area contributed by atoms with Gasteiger partial charge in [0.05, 0.1) is 6.54 Å². The Labute approximate surface area is 102 Å². The molecule has 1 N–H and O–H groups in total. The zero-order valence-electron chi connectivity index (χ0n) is 10.4. The van der Waals surface area contributed by atoms with Crippen LogP contribution in [0, 0.1) is 0 Å². The standard InChI is InChI=1S/C13H19NO3/c1-3-11-4-6-12(7-5-11)17-9-8-14-13(15)10-16-2/h4-7H,3,8-10H2,1-2H3,(H,14,15). The average Bonchev–Trinajstić information content (AvgIpc) is 2.36. The van der Waals surface area contributed by atoms with E-state index in [-0.39, 0.29) is 12.5 Å². The Hall–Kier alpha value is -1.55. The third-order valence-corrected chi connectivity index (χ3v) is 2.30. The van der Waals surface area contributed by atoms with E-state index in [0.29, 0.717) is 13.2 Å². The van der Waals surface area contributed by atoms with Gasteiger partial charge in [-0.15, -0.1) is 0 Å². The first-order valence-electron chi connectivity index (χ1n) is 5.73. The Morgan fingerprint density at radius 2 is 2.00 bits per heavy atom. The lowest BCUT2D eigenvalue weighted by Crippen LogP contribution is -2.30. The summed E-state index contributed by atoms with van der Waals surface area (Å²) in [4.78, 5) is 11.0. The van der Waals surface area contributed by atoms with Gasteiger partial charge in [0.1, 0.15) is 19.0 Å². The number of methoxy groups -OCH3 is 1. The van der Waals surface area contributed by atoms with Crippen molar-refractivity contribution in [3.8, 4) is 5.75 Å². The summed E-state index contributed by atoms with van der Waals surface area (Å²) in [5.41, 5.74) is 1.28. The summed E-state index contributed by atoms with van der Waals surface area (Å²) in [5.74, 6) is 0.695. The molecule has 0 aliphatic carbocycles. The van der Waals surface area contributed by atoms with Gasteiger partial charge in [-0.1, -0.05) is 19.1 Å². The largest absolute Gasteiger partial charge is 0.492 e. The molecule has 0 fully saturated rings. The fourth-order valence-corrected chi connectivity index (χ4v) is 1.36. The maximum atomic E-state index is 11.0. The van der Waals surface area contributed by atoms with Crippen molar-refractivity contribution in [1.82, 2.24) is 5.32 Å². The molecule has 0 spiro atoms. The van der Waals surface area contributed by atoms with Crippen LogP contribution in [0.5, 0.6) is 5.75 Å². The smallest absolute Gasteiger partial charge is 0.246 e. The van der Waals surface area contributed by atoms with Crippen LogP contribution in [0.25, 0.3) is 0 Å². The predicted octanol–water partition coefficient (Wildman–Crippen LogP) is 1.39. The number of amides is 1. The van der Waals surface area contributed by atoms with Crippen molar-refractivity contribution >= 4 is 5.91 Å². The maximum Gasteiger partial charge on any atom is 0.246 e. The monoisotopic (exact) mass is 237 g/mol. The molecule has 0 saturated heterocycles. The highest BCUT2D eigenvalue weighted by Crippen LogP contribution is 2.11. The van der Waals surface area contributed by atoms with E-state index in [2.05, 4.69) is 12.2 Å². The molecule has 4 nitrogen and oxygen atoms in total. The molecule has 1 amide bonds. The summed E-state index contributed by atoms with van der Waals surface area (Å²) in [6, 6.07) is 7.96. The minimum absolute atomic E-state index is 0.0885. The second kappa shape index (κ2) is 7.68. The van der Waals surface area contributed by atoms with E-state index in [9.17, 15) is 4.79 Å². The first-order chi connectivity index (χ1) is 8.26. The minimum atomic E-state index is -0.127. The molecule has 1 aromatic rings. The Kier molecular flexibility index (Phi) is 6.10. The van der Waals surface area contributed by atoms with Gasteiger partial charge in [-0.05, 0) is 24.1 Å². The number of benzene rings is 1. The molecule has 0 aliphatic heterocycles. The molecule has 0 unspecified atom stereocenters. The van der Waals surface area contributed by atoms with Crippen molar-refractivity contribution in [3.05, 3.63) is 29.8 Å². The first kappa shape index (κ1) is 13.5. The van der Waals surface area contributed by atoms with Crippen LogP contribution in [0.15, 0.2) is 24.3 Å². The van der Waals surface area contributed by atoms with Crippen LogP contribution < -0.4 is 10.1 Å². The summed E-state index contributed by atoms with van der Waals surface area (Å²) in [6.45, 7) is 3.14. The van der Waals surface area contributed by atoms with Crippen molar-refractivity contribution in [2.24, 2.45) is 0 Å². The van der Waals surface area contributed by atoms with E-state index in [0.717, 1.165) is 12.2 Å². The van der Waals surface area contributed by atoms with Crippen molar-refractivity contribution in [3.63, 3.8) is 0 Å². The summed E-state index contributed by atoms with van der Waals surface area (Å²) >= 11 is 0. The quantitative estimate of drug-likeness (QED) is 0.729. The lowest BCUT2D eigenvalue weighted by atomic mass is 10.2. The summed E-state index contributed by atoms with van der Waals surface area (Å²) in [6.07, 6.45) is 1.02. The highest BCUT2D eigenvalue weighted by molar-refractivity contribution is 5.77. The Morgan fingerprint density at radius 3 is 2.59 bits per heavy atom. The lowest BCUT2D eigenvalue weighted by molar-refractivity contribution is -0.124. The summed E-state index contributed by atoms with van der Waals surface area (Å²) < 4.78 is 10.2. The van der Waals surface area contributed by atoms with E-state index in [4.69, 9.17) is 9.47 Å². The van der Waals surface area contributed by atoms with Crippen LogP contribution in [0.4, 0.5) is 0 Å². The molecule has 1 aromatic carbocycles. The number of hydrogen-bond acceptors (Lipinski definition) is 3. The van der Waals surface area contributed by atoms with E-state index >= 15 is 0 Å². The topological polar surface area (TPSA) is 47.6 Å². The third kappa shape index (κ3) is 5.36. The second-order valence-electron chi connectivity index (χ2n) is 3.63. The van der Waals surface area contributed by atoms with Crippen molar-refractivity contribution < 1.29 is 14.3 Å². The fraction of sp³-hybridized carbons (Fsp3) is 0.462. The fourth-order valence-electron chi connectivity index (χ4n) is 1.36. The van der Waals surface area contributed by atoms with Gasteiger partial charge >= 0.3 is 0 Å². The predicted molar refractivity (Wildman–Crippen MR) is 66.2 cm³/mol. The Morgan fingerprint density at radius 1 is 1.29 bits per heavy atom. The Bertz CT molecular complexity index is 335.